The molecule has 1 rings (SSSR count). The van der Waals surface area contributed by atoms with Crippen molar-refractivity contribution in [2.24, 2.45) is 5.10 Å². The van der Waals surface area contributed by atoms with Crippen molar-refractivity contribution >= 4 is 11.9 Å². The third-order valence-corrected chi connectivity index (χ3v) is 2.66. The minimum absolute atomic E-state index is 0.120. The summed E-state index contributed by atoms with van der Waals surface area (Å²) in [6, 6.07) is 3.10. The minimum Gasteiger partial charge on any atom is -0.493 e. The average molecular weight is 295 g/mol. The normalized spacial score (nSPS) is 10.7. The lowest BCUT2D eigenvalue weighted by Crippen LogP contribution is -2.05. The van der Waals surface area contributed by atoms with E-state index < -0.39 is 4.92 Å². The first-order valence-electron chi connectivity index (χ1n) is 6.70. The monoisotopic (exact) mass is 295 g/mol. The number of hydrazone groups is 1. The number of rotatable bonds is 8. The fourth-order valence-electron chi connectivity index (χ4n) is 1.62. The number of ether oxygens (including phenoxy) is 2. The molecular weight excluding hydrogens is 274 g/mol. The van der Waals surface area contributed by atoms with E-state index >= 15 is 0 Å². The van der Waals surface area contributed by atoms with Crippen molar-refractivity contribution in [2.75, 3.05) is 27.8 Å². The molecule has 0 saturated heterocycles. The topological polar surface area (TPSA) is 77.2 Å². The number of methoxy groups -OCH3 is 1. The van der Waals surface area contributed by atoms with Crippen LogP contribution in [-0.2, 0) is 0 Å². The van der Waals surface area contributed by atoms with Crippen molar-refractivity contribution in [1.82, 2.24) is 5.01 Å². The Balaban J connectivity index is 3.19. The maximum Gasteiger partial charge on any atom is 0.315 e. The molecule has 0 bridgehead atoms. The summed E-state index contributed by atoms with van der Waals surface area (Å²) < 4.78 is 10.7. The third-order valence-electron chi connectivity index (χ3n) is 2.66. The second-order valence-electron chi connectivity index (χ2n) is 4.62. The summed E-state index contributed by atoms with van der Waals surface area (Å²) in [6.07, 6.45) is 3.30. The molecule has 0 fully saturated rings. The van der Waals surface area contributed by atoms with E-state index in [4.69, 9.17) is 9.47 Å². The van der Waals surface area contributed by atoms with Crippen LogP contribution in [0.25, 0.3) is 0 Å². The summed E-state index contributed by atoms with van der Waals surface area (Å²) in [7, 11) is 4.99. The van der Waals surface area contributed by atoms with Gasteiger partial charge in [0.15, 0.2) is 5.75 Å². The molecule has 0 aliphatic carbocycles. The quantitative estimate of drug-likeness (QED) is 0.319. The zero-order valence-electron chi connectivity index (χ0n) is 12.8. The maximum atomic E-state index is 11.2. The lowest BCUT2D eigenvalue weighted by molar-refractivity contribution is -0.386. The average Bonchev–Trinajstić information content (AvgIpc) is 2.45. The minimum atomic E-state index is -0.475. The highest BCUT2D eigenvalue weighted by molar-refractivity contribution is 5.83. The van der Waals surface area contributed by atoms with Gasteiger partial charge in [0.2, 0.25) is 5.75 Å². The lowest BCUT2D eigenvalue weighted by atomic mass is 10.2. The highest BCUT2D eigenvalue weighted by atomic mass is 16.6. The predicted octanol–water partition coefficient (Wildman–Crippen LogP) is 2.68. The van der Waals surface area contributed by atoms with Crippen LogP contribution in [-0.4, -0.2) is 44.0 Å². The number of unbranched alkanes of at least 4 members (excludes halogenated alkanes) is 1. The Morgan fingerprint density at radius 1 is 1.43 bits per heavy atom. The molecule has 0 aromatic heterocycles. The van der Waals surface area contributed by atoms with E-state index in [1.807, 2.05) is 6.92 Å². The highest BCUT2D eigenvalue weighted by Gasteiger charge is 2.21. The molecule has 116 valence electrons. The molecule has 7 nitrogen and oxygen atoms in total. The number of nitrogens with zero attached hydrogens (tertiary/aromatic N) is 3. The largest absolute Gasteiger partial charge is 0.493 e. The van der Waals surface area contributed by atoms with Crippen LogP contribution in [0, 0.1) is 10.1 Å². The van der Waals surface area contributed by atoms with Crippen molar-refractivity contribution in [3.05, 3.63) is 27.8 Å². The van der Waals surface area contributed by atoms with Crippen LogP contribution < -0.4 is 9.47 Å². The Hall–Kier alpha value is -2.31. The first kappa shape index (κ1) is 16.7. The molecule has 0 unspecified atom stereocenters. The smallest absolute Gasteiger partial charge is 0.315 e. The molecule has 1 aromatic rings. The first-order valence-corrected chi connectivity index (χ1v) is 6.70. The van der Waals surface area contributed by atoms with Gasteiger partial charge in [0.25, 0.3) is 0 Å². The number of hydrogen-bond acceptors (Lipinski definition) is 6. The predicted molar refractivity (Wildman–Crippen MR) is 81.3 cm³/mol. The zero-order chi connectivity index (χ0) is 15.8. The maximum absolute atomic E-state index is 11.2. The summed E-state index contributed by atoms with van der Waals surface area (Å²) >= 11 is 0. The van der Waals surface area contributed by atoms with E-state index in [0.717, 1.165) is 12.8 Å². The van der Waals surface area contributed by atoms with Crippen LogP contribution >= 0.6 is 0 Å². The van der Waals surface area contributed by atoms with Gasteiger partial charge in [-0.05, 0) is 12.5 Å². The molecule has 7 heteroatoms. The highest BCUT2D eigenvalue weighted by Crippen LogP contribution is 2.38. The number of hydrogen-bond donors (Lipinski definition) is 0. The van der Waals surface area contributed by atoms with Crippen LogP contribution in [0.5, 0.6) is 11.5 Å². The molecule has 0 aliphatic rings. The summed E-state index contributed by atoms with van der Waals surface area (Å²) in [5.74, 6) is 0.499. The van der Waals surface area contributed by atoms with E-state index in [1.165, 1.54) is 19.4 Å². The zero-order valence-corrected chi connectivity index (χ0v) is 12.8. The Labute approximate surface area is 124 Å². The van der Waals surface area contributed by atoms with Gasteiger partial charge < -0.3 is 14.5 Å². The lowest BCUT2D eigenvalue weighted by Gasteiger charge is -2.11. The molecule has 0 atom stereocenters. The summed E-state index contributed by atoms with van der Waals surface area (Å²) in [5, 5.41) is 16.9. The molecule has 0 amide bonds. The second kappa shape index (κ2) is 8.08. The van der Waals surface area contributed by atoms with Crippen molar-refractivity contribution in [1.29, 1.82) is 0 Å². The summed E-state index contributed by atoms with van der Waals surface area (Å²) in [6.45, 7) is 2.44. The Kier molecular flexibility index (Phi) is 6.45. The van der Waals surface area contributed by atoms with Gasteiger partial charge >= 0.3 is 5.69 Å². The molecule has 0 spiro atoms. The van der Waals surface area contributed by atoms with Gasteiger partial charge in [0.1, 0.15) is 0 Å². The fourth-order valence-corrected chi connectivity index (χ4v) is 1.62. The van der Waals surface area contributed by atoms with E-state index in [-0.39, 0.29) is 11.4 Å². The van der Waals surface area contributed by atoms with Gasteiger partial charge in [-0.3, -0.25) is 10.1 Å². The Morgan fingerprint density at radius 3 is 2.67 bits per heavy atom. The molecule has 0 heterocycles. The van der Waals surface area contributed by atoms with Crippen LogP contribution in [0.2, 0.25) is 0 Å². The van der Waals surface area contributed by atoms with Crippen molar-refractivity contribution < 1.29 is 14.4 Å². The van der Waals surface area contributed by atoms with Gasteiger partial charge in [-0.25, -0.2) is 0 Å². The van der Waals surface area contributed by atoms with Gasteiger partial charge in [0.05, 0.1) is 24.9 Å². The Bertz CT molecular complexity index is 515. The van der Waals surface area contributed by atoms with E-state index in [1.54, 1.807) is 25.2 Å². The van der Waals surface area contributed by atoms with E-state index in [2.05, 4.69) is 5.10 Å². The molecule has 0 N–H and O–H groups in total. The number of nitro groups is 1. The van der Waals surface area contributed by atoms with Gasteiger partial charge in [0, 0.05) is 25.7 Å². The van der Waals surface area contributed by atoms with Gasteiger partial charge in [-0.1, -0.05) is 13.3 Å². The van der Waals surface area contributed by atoms with E-state index in [0.29, 0.717) is 17.9 Å². The van der Waals surface area contributed by atoms with Crippen LogP contribution in [0.4, 0.5) is 5.69 Å². The number of benzene rings is 1. The van der Waals surface area contributed by atoms with Crippen LogP contribution in [0.15, 0.2) is 17.2 Å². The molecule has 0 saturated carbocycles. The first-order chi connectivity index (χ1) is 9.99. The fraction of sp³-hybridized carbons (Fsp3) is 0.500. The summed E-state index contributed by atoms with van der Waals surface area (Å²) in [5.41, 5.74) is 0.459. The van der Waals surface area contributed by atoms with Crippen molar-refractivity contribution in [3.63, 3.8) is 0 Å². The standard InChI is InChI=1S/C14H21N3O4/c1-5-6-7-21-14-12(17(18)19)8-11(9-13(14)20-4)10-15-16(2)3/h8-10H,5-7H2,1-4H3/b15-10+. The van der Waals surface area contributed by atoms with Crippen molar-refractivity contribution in [2.45, 2.75) is 19.8 Å². The molecule has 0 aliphatic heterocycles. The molecule has 1 aromatic carbocycles. The summed E-state index contributed by atoms with van der Waals surface area (Å²) in [4.78, 5) is 10.8. The van der Waals surface area contributed by atoms with Crippen LogP contribution in [0.1, 0.15) is 25.3 Å². The molecule has 0 radical (unpaired) electrons. The van der Waals surface area contributed by atoms with Crippen molar-refractivity contribution in [3.8, 4) is 11.5 Å². The van der Waals surface area contributed by atoms with Gasteiger partial charge in [-0.2, -0.15) is 5.10 Å². The molecule has 21 heavy (non-hydrogen) atoms. The third kappa shape index (κ3) is 4.94. The SMILES string of the molecule is CCCCOc1c(OC)cc(/C=N/N(C)C)cc1[N+](=O)[O-]. The number of nitro benzene ring substituents is 1. The van der Waals surface area contributed by atoms with E-state index in [9.17, 15) is 10.1 Å². The Morgan fingerprint density at radius 2 is 2.14 bits per heavy atom. The second-order valence-corrected chi connectivity index (χ2v) is 4.62. The van der Waals surface area contributed by atoms with Crippen LogP contribution in [0.3, 0.4) is 0 Å². The van der Waals surface area contributed by atoms with Gasteiger partial charge in [-0.15, -0.1) is 0 Å². The molecular formula is C14H21N3O4.